The first-order valence-electron chi connectivity index (χ1n) is 8.71. The summed E-state index contributed by atoms with van der Waals surface area (Å²) in [5.41, 5.74) is 0.0275. The molecule has 1 saturated heterocycles. The highest BCUT2D eigenvalue weighted by Gasteiger charge is 2.17. The normalized spacial score (nSPS) is 18.5. The highest BCUT2D eigenvalue weighted by molar-refractivity contribution is 5.91. The van der Waals surface area contributed by atoms with Crippen LogP contribution in [0.2, 0.25) is 0 Å². The first-order valence-corrected chi connectivity index (χ1v) is 8.71. The molecule has 0 saturated carbocycles. The van der Waals surface area contributed by atoms with Gasteiger partial charge >= 0.3 is 0 Å². The number of rotatable bonds is 8. The first-order chi connectivity index (χ1) is 11.6. The number of methoxy groups -OCH3 is 1. The van der Waals surface area contributed by atoms with Gasteiger partial charge in [0.15, 0.2) is 0 Å². The molecule has 0 spiro atoms. The molecule has 7 nitrogen and oxygen atoms in total. The first kappa shape index (κ1) is 18.6. The molecule has 2 heterocycles. The maximum absolute atomic E-state index is 12.2. The van der Waals surface area contributed by atoms with E-state index in [2.05, 4.69) is 22.2 Å². The van der Waals surface area contributed by atoms with Gasteiger partial charge in [-0.2, -0.15) is 5.10 Å². The molecular weight excluding hydrogens is 308 g/mol. The lowest BCUT2D eigenvalue weighted by molar-refractivity contribution is 0.0940. The number of likely N-dealkylation sites (tertiary alicyclic amines) is 1. The van der Waals surface area contributed by atoms with E-state index < -0.39 is 0 Å². The molecule has 134 valence electrons. The molecule has 7 heteroatoms. The number of nitrogens with one attached hydrogen (secondary N) is 1. The summed E-state index contributed by atoms with van der Waals surface area (Å²) < 4.78 is 6.20. The van der Waals surface area contributed by atoms with Gasteiger partial charge in [-0.1, -0.05) is 6.42 Å². The lowest BCUT2D eigenvalue weighted by Crippen LogP contribution is -2.39. The summed E-state index contributed by atoms with van der Waals surface area (Å²) in [5.74, 6) is -0.243. The molecule has 1 aromatic rings. The van der Waals surface area contributed by atoms with Gasteiger partial charge in [-0.05, 0) is 38.8 Å². The van der Waals surface area contributed by atoms with Gasteiger partial charge in [0.05, 0.1) is 13.2 Å². The maximum Gasteiger partial charge on any atom is 0.271 e. The van der Waals surface area contributed by atoms with Crippen molar-refractivity contribution in [2.75, 3.05) is 33.4 Å². The molecule has 1 aliphatic heterocycles. The van der Waals surface area contributed by atoms with Crippen LogP contribution in [0.1, 0.15) is 43.1 Å². The molecule has 0 aromatic carbocycles. The number of carbonyl (C=O) groups is 1. The van der Waals surface area contributed by atoms with Crippen molar-refractivity contribution in [1.29, 1.82) is 0 Å². The lowest BCUT2D eigenvalue weighted by atomic mass is 10.0. The number of aromatic nitrogens is 2. The van der Waals surface area contributed by atoms with Gasteiger partial charge in [0.2, 0.25) is 0 Å². The van der Waals surface area contributed by atoms with Crippen LogP contribution in [0.25, 0.3) is 0 Å². The van der Waals surface area contributed by atoms with Crippen molar-refractivity contribution < 1.29 is 9.53 Å². The summed E-state index contributed by atoms with van der Waals surface area (Å²) in [6.07, 6.45) is 4.77. The van der Waals surface area contributed by atoms with Crippen LogP contribution in [0.5, 0.6) is 0 Å². The van der Waals surface area contributed by atoms with E-state index in [1.54, 1.807) is 7.11 Å². The second kappa shape index (κ2) is 9.54. The molecule has 1 aromatic heterocycles. The molecule has 0 bridgehead atoms. The molecule has 1 fully saturated rings. The molecule has 1 atom stereocenters. The Morgan fingerprint density at radius 2 is 2.21 bits per heavy atom. The summed E-state index contributed by atoms with van der Waals surface area (Å²) in [6, 6.07) is 3.47. The molecule has 1 aliphatic rings. The summed E-state index contributed by atoms with van der Waals surface area (Å²) in [5, 5.41) is 6.97. The monoisotopic (exact) mass is 336 g/mol. The smallest absolute Gasteiger partial charge is 0.271 e. The van der Waals surface area contributed by atoms with Crippen LogP contribution >= 0.6 is 0 Å². The van der Waals surface area contributed by atoms with E-state index in [-0.39, 0.29) is 17.2 Å². The van der Waals surface area contributed by atoms with E-state index in [0.29, 0.717) is 25.7 Å². The van der Waals surface area contributed by atoms with E-state index in [4.69, 9.17) is 4.74 Å². The van der Waals surface area contributed by atoms with Crippen LogP contribution < -0.4 is 10.9 Å². The summed E-state index contributed by atoms with van der Waals surface area (Å²) >= 11 is 0. The molecule has 1 unspecified atom stereocenters. The fraction of sp³-hybridized carbons (Fsp3) is 0.706. The fourth-order valence-electron chi connectivity index (χ4n) is 2.97. The Hall–Kier alpha value is -1.73. The van der Waals surface area contributed by atoms with E-state index in [1.165, 1.54) is 36.1 Å². The minimum Gasteiger partial charge on any atom is -0.383 e. The molecule has 1 N–H and O–H groups in total. The average Bonchev–Trinajstić information content (AvgIpc) is 2.59. The van der Waals surface area contributed by atoms with Crippen LogP contribution in [0.15, 0.2) is 16.9 Å². The number of hydrogen-bond acceptors (Lipinski definition) is 5. The van der Waals surface area contributed by atoms with Gasteiger partial charge < -0.3 is 15.0 Å². The van der Waals surface area contributed by atoms with Crippen LogP contribution in [-0.4, -0.2) is 60.0 Å². The van der Waals surface area contributed by atoms with Crippen molar-refractivity contribution >= 4 is 5.91 Å². The SMILES string of the molecule is COCCn1nc(C(=O)NCCCN2CCCCC2C)ccc1=O. The maximum atomic E-state index is 12.2. The van der Waals surface area contributed by atoms with Crippen molar-refractivity contribution in [2.24, 2.45) is 0 Å². The van der Waals surface area contributed by atoms with Crippen molar-refractivity contribution in [3.63, 3.8) is 0 Å². The Bertz CT molecular complexity index is 587. The van der Waals surface area contributed by atoms with Crippen LogP contribution in [0, 0.1) is 0 Å². The third-order valence-electron chi connectivity index (χ3n) is 4.45. The largest absolute Gasteiger partial charge is 0.383 e. The molecule has 0 radical (unpaired) electrons. The minimum absolute atomic E-state index is 0.234. The molecule has 0 aliphatic carbocycles. The third kappa shape index (κ3) is 5.42. The number of piperidine rings is 1. The standard InChI is InChI=1S/C17H28N4O3/c1-14-6-3-4-10-20(14)11-5-9-18-17(23)15-7-8-16(22)21(19-15)12-13-24-2/h7-8,14H,3-6,9-13H2,1-2H3,(H,18,23). The van der Waals surface area contributed by atoms with Crippen LogP contribution in [-0.2, 0) is 11.3 Å². The van der Waals surface area contributed by atoms with Gasteiger partial charge in [0.25, 0.3) is 11.5 Å². The molecule has 24 heavy (non-hydrogen) atoms. The van der Waals surface area contributed by atoms with Crippen molar-refractivity contribution in [1.82, 2.24) is 20.0 Å². The summed E-state index contributed by atoms with van der Waals surface area (Å²) in [4.78, 5) is 26.3. The number of amides is 1. The number of carbonyl (C=O) groups excluding carboxylic acids is 1. The van der Waals surface area contributed by atoms with Gasteiger partial charge in [-0.25, -0.2) is 4.68 Å². The second-order valence-corrected chi connectivity index (χ2v) is 6.26. The van der Waals surface area contributed by atoms with Gasteiger partial charge in [0, 0.05) is 32.3 Å². The Morgan fingerprint density at radius 3 is 2.96 bits per heavy atom. The number of hydrogen-bond donors (Lipinski definition) is 1. The number of nitrogens with zero attached hydrogens (tertiary/aromatic N) is 3. The van der Waals surface area contributed by atoms with Crippen molar-refractivity contribution in [3.05, 3.63) is 28.2 Å². The Kier molecular flexibility index (Phi) is 7.39. The van der Waals surface area contributed by atoms with E-state index in [0.717, 1.165) is 19.5 Å². The third-order valence-corrected chi connectivity index (χ3v) is 4.45. The Morgan fingerprint density at radius 1 is 1.38 bits per heavy atom. The zero-order chi connectivity index (χ0) is 17.4. The molecular formula is C17H28N4O3. The highest BCUT2D eigenvalue weighted by atomic mass is 16.5. The van der Waals surface area contributed by atoms with E-state index in [9.17, 15) is 9.59 Å². The minimum atomic E-state index is -0.243. The van der Waals surface area contributed by atoms with Gasteiger partial charge in [-0.3, -0.25) is 9.59 Å². The second-order valence-electron chi connectivity index (χ2n) is 6.26. The predicted molar refractivity (Wildman–Crippen MR) is 92.2 cm³/mol. The predicted octanol–water partition coefficient (Wildman–Crippen LogP) is 0.884. The summed E-state index contributed by atoms with van der Waals surface area (Å²) in [7, 11) is 1.56. The van der Waals surface area contributed by atoms with Crippen LogP contribution in [0.4, 0.5) is 0 Å². The Balaban J connectivity index is 1.78. The fourth-order valence-corrected chi connectivity index (χ4v) is 2.97. The van der Waals surface area contributed by atoms with E-state index >= 15 is 0 Å². The quantitative estimate of drug-likeness (QED) is 0.713. The zero-order valence-corrected chi connectivity index (χ0v) is 14.7. The lowest BCUT2D eigenvalue weighted by Gasteiger charge is -2.33. The molecule has 2 rings (SSSR count). The highest BCUT2D eigenvalue weighted by Crippen LogP contribution is 2.15. The van der Waals surface area contributed by atoms with Crippen molar-refractivity contribution in [2.45, 2.75) is 45.2 Å². The van der Waals surface area contributed by atoms with E-state index in [1.807, 2.05) is 0 Å². The Labute approximate surface area is 143 Å². The zero-order valence-electron chi connectivity index (χ0n) is 14.7. The van der Waals surface area contributed by atoms with Gasteiger partial charge in [0.1, 0.15) is 5.69 Å². The summed E-state index contributed by atoms with van der Waals surface area (Å²) in [6.45, 7) is 5.75. The van der Waals surface area contributed by atoms with Gasteiger partial charge in [-0.15, -0.1) is 0 Å². The average molecular weight is 336 g/mol. The number of ether oxygens (including phenoxy) is 1. The topological polar surface area (TPSA) is 76.5 Å². The molecule has 1 amide bonds. The van der Waals surface area contributed by atoms with Crippen molar-refractivity contribution in [3.8, 4) is 0 Å². The van der Waals surface area contributed by atoms with Crippen LogP contribution in [0.3, 0.4) is 0 Å².